The van der Waals surface area contributed by atoms with Crippen molar-refractivity contribution in [1.29, 1.82) is 0 Å². The van der Waals surface area contributed by atoms with Gasteiger partial charge in [-0.1, -0.05) is 26.7 Å². The Morgan fingerprint density at radius 2 is 1.81 bits per heavy atom. The number of halogens is 3. The number of nitrogens with one attached hydrogen (secondary N) is 1. The van der Waals surface area contributed by atoms with E-state index in [1.54, 1.807) is 0 Å². The summed E-state index contributed by atoms with van der Waals surface area (Å²) >= 11 is 0. The Balaban J connectivity index is 4.55. The van der Waals surface area contributed by atoms with E-state index >= 15 is 0 Å². The van der Waals surface area contributed by atoms with Crippen molar-refractivity contribution in [3.8, 4) is 0 Å². The van der Waals surface area contributed by atoms with Crippen LogP contribution in [0.2, 0.25) is 0 Å². The van der Waals surface area contributed by atoms with Crippen LogP contribution in [0.3, 0.4) is 0 Å². The number of alkyl halides is 3. The number of hydrogen-bond acceptors (Lipinski definition) is 4. The first-order valence-corrected chi connectivity index (χ1v) is 6.85. The van der Waals surface area contributed by atoms with Crippen LogP contribution >= 0.6 is 0 Å². The van der Waals surface area contributed by atoms with Gasteiger partial charge >= 0.3 is 12.1 Å². The topological polar surface area (TPSA) is 58.6 Å². The van der Waals surface area contributed by atoms with Crippen LogP contribution in [0.1, 0.15) is 26.7 Å². The molecule has 0 rings (SSSR count). The van der Waals surface area contributed by atoms with Crippen LogP contribution in [0.5, 0.6) is 0 Å². The number of rotatable bonds is 9. The molecule has 0 fully saturated rings. The fourth-order valence-electron chi connectivity index (χ4n) is 1.76. The van der Waals surface area contributed by atoms with Gasteiger partial charge in [-0.3, -0.25) is 9.59 Å². The largest absolute Gasteiger partial charge is 0.468 e. The first kappa shape index (κ1) is 19.7. The van der Waals surface area contributed by atoms with Gasteiger partial charge in [0.05, 0.1) is 20.2 Å². The maximum absolute atomic E-state index is 12.0. The molecule has 1 amide bonds. The van der Waals surface area contributed by atoms with Gasteiger partial charge in [0.15, 0.2) is 0 Å². The fourth-order valence-corrected chi connectivity index (χ4v) is 1.76. The Morgan fingerprint density at radius 1 is 1.24 bits per heavy atom. The van der Waals surface area contributed by atoms with Crippen LogP contribution < -0.4 is 5.32 Å². The number of nitrogens with zero attached hydrogens (tertiary/aromatic N) is 1. The Morgan fingerprint density at radius 3 is 2.24 bits per heavy atom. The van der Waals surface area contributed by atoms with E-state index in [2.05, 4.69) is 4.74 Å². The zero-order chi connectivity index (χ0) is 16.5. The standard InChI is InChI=1S/C13H23F3N2O3/c1-4-10(5-2)7-18(8-12(20)21-3)11(19)6-17-9-13(14,15)16/h10,17H,4-9H2,1-3H3. The SMILES string of the molecule is CCC(CC)CN(CC(=O)OC)C(=O)CNCC(F)(F)F. The second-order valence-electron chi connectivity index (χ2n) is 4.75. The third-order valence-corrected chi connectivity index (χ3v) is 3.14. The van der Waals surface area contributed by atoms with Crippen LogP contribution in [0.4, 0.5) is 13.2 Å². The Kier molecular flexibility index (Phi) is 9.00. The van der Waals surface area contributed by atoms with Crippen LogP contribution in [-0.2, 0) is 14.3 Å². The van der Waals surface area contributed by atoms with Crippen LogP contribution in [-0.4, -0.2) is 56.2 Å². The fraction of sp³-hybridized carbons (Fsp3) is 0.846. The maximum atomic E-state index is 12.0. The molecule has 1 N–H and O–H groups in total. The van der Waals surface area contributed by atoms with E-state index in [9.17, 15) is 22.8 Å². The summed E-state index contributed by atoms with van der Waals surface area (Å²) < 4.78 is 40.6. The number of esters is 1. The summed E-state index contributed by atoms with van der Waals surface area (Å²) in [5.41, 5.74) is 0. The highest BCUT2D eigenvalue weighted by Crippen LogP contribution is 2.12. The van der Waals surface area contributed by atoms with Crippen molar-refractivity contribution >= 4 is 11.9 Å². The molecule has 0 aliphatic carbocycles. The quantitative estimate of drug-likeness (QED) is 0.657. The van der Waals surface area contributed by atoms with Gasteiger partial charge in [-0.05, 0) is 5.92 Å². The molecule has 0 atom stereocenters. The second-order valence-corrected chi connectivity index (χ2v) is 4.75. The lowest BCUT2D eigenvalue weighted by atomic mass is 10.0. The minimum absolute atomic E-state index is 0.196. The molecule has 21 heavy (non-hydrogen) atoms. The number of carbonyl (C=O) groups is 2. The van der Waals surface area contributed by atoms with E-state index in [0.29, 0.717) is 6.54 Å². The first-order chi connectivity index (χ1) is 9.73. The first-order valence-electron chi connectivity index (χ1n) is 6.85. The Hall–Kier alpha value is -1.31. The molecule has 0 aromatic rings. The molecule has 0 saturated heterocycles. The molecule has 0 aliphatic heterocycles. The van der Waals surface area contributed by atoms with E-state index in [0.717, 1.165) is 12.8 Å². The van der Waals surface area contributed by atoms with Gasteiger partial charge < -0.3 is 15.0 Å². The van der Waals surface area contributed by atoms with Gasteiger partial charge in [-0.2, -0.15) is 13.2 Å². The lowest BCUT2D eigenvalue weighted by molar-refractivity contribution is -0.148. The molecule has 8 heteroatoms. The van der Waals surface area contributed by atoms with Crippen LogP contribution in [0.15, 0.2) is 0 Å². The minimum atomic E-state index is -4.37. The number of carbonyl (C=O) groups excluding carboxylic acids is 2. The highest BCUT2D eigenvalue weighted by atomic mass is 19.4. The molecule has 0 unspecified atom stereocenters. The van der Waals surface area contributed by atoms with E-state index in [4.69, 9.17) is 0 Å². The third kappa shape index (κ3) is 9.28. The summed E-state index contributed by atoms with van der Waals surface area (Å²) in [5, 5.41) is 2.04. The molecule has 0 aromatic heterocycles. The van der Waals surface area contributed by atoms with Crippen molar-refractivity contribution in [2.24, 2.45) is 5.92 Å². The van der Waals surface area contributed by atoms with Crippen molar-refractivity contribution in [2.75, 3.05) is 33.3 Å². The summed E-state index contributed by atoms with van der Waals surface area (Å²) in [6.07, 6.45) is -2.74. The molecule has 0 heterocycles. The zero-order valence-corrected chi connectivity index (χ0v) is 12.6. The van der Waals surface area contributed by atoms with Gasteiger partial charge in [0, 0.05) is 6.54 Å². The number of amides is 1. The Bertz CT molecular complexity index is 331. The summed E-state index contributed by atoms with van der Waals surface area (Å²) in [4.78, 5) is 24.5. The highest BCUT2D eigenvalue weighted by Gasteiger charge is 2.27. The summed E-state index contributed by atoms with van der Waals surface area (Å²) in [5.74, 6) is -0.942. The summed E-state index contributed by atoms with van der Waals surface area (Å²) in [7, 11) is 1.20. The van der Waals surface area contributed by atoms with Crippen molar-refractivity contribution in [3.63, 3.8) is 0 Å². The average molecular weight is 312 g/mol. The molecule has 5 nitrogen and oxygen atoms in total. The second kappa shape index (κ2) is 9.59. The Labute approximate surface area is 122 Å². The van der Waals surface area contributed by atoms with Gasteiger partial charge in [-0.25, -0.2) is 0 Å². The molecule has 0 aliphatic rings. The van der Waals surface area contributed by atoms with E-state index in [1.807, 2.05) is 19.2 Å². The van der Waals surface area contributed by atoms with E-state index in [1.165, 1.54) is 12.0 Å². The van der Waals surface area contributed by atoms with Gasteiger partial charge in [0.25, 0.3) is 0 Å². The molecular formula is C13H23F3N2O3. The maximum Gasteiger partial charge on any atom is 0.401 e. The smallest absolute Gasteiger partial charge is 0.401 e. The highest BCUT2D eigenvalue weighted by molar-refractivity contribution is 5.83. The van der Waals surface area contributed by atoms with Gasteiger partial charge in [0.2, 0.25) is 5.91 Å². The predicted octanol–water partition coefficient (Wildman–Crippen LogP) is 1.58. The number of hydrogen-bond donors (Lipinski definition) is 1. The van der Waals surface area contributed by atoms with Crippen molar-refractivity contribution in [3.05, 3.63) is 0 Å². The lowest BCUT2D eigenvalue weighted by Crippen LogP contribution is -2.45. The zero-order valence-electron chi connectivity index (χ0n) is 12.6. The number of ether oxygens (including phenoxy) is 1. The van der Waals surface area contributed by atoms with E-state index < -0.39 is 31.1 Å². The molecule has 0 radical (unpaired) electrons. The van der Waals surface area contributed by atoms with Gasteiger partial charge in [0.1, 0.15) is 6.54 Å². The minimum Gasteiger partial charge on any atom is -0.468 e. The lowest BCUT2D eigenvalue weighted by Gasteiger charge is -2.26. The molecule has 0 spiro atoms. The third-order valence-electron chi connectivity index (χ3n) is 3.14. The average Bonchev–Trinajstić information content (AvgIpc) is 2.41. The molecule has 124 valence electrons. The summed E-state index contributed by atoms with van der Waals surface area (Å²) in [6, 6.07) is 0. The van der Waals surface area contributed by atoms with E-state index in [-0.39, 0.29) is 12.5 Å². The molecular weight excluding hydrogens is 289 g/mol. The molecule has 0 aromatic carbocycles. The van der Waals surface area contributed by atoms with Crippen molar-refractivity contribution < 1.29 is 27.5 Å². The van der Waals surface area contributed by atoms with Crippen LogP contribution in [0.25, 0.3) is 0 Å². The van der Waals surface area contributed by atoms with Gasteiger partial charge in [-0.15, -0.1) is 0 Å². The number of methoxy groups -OCH3 is 1. The van der Waals surface area contributed by atoms with Crippen LogP contribution in [0, 0.1) is 5.92 Å². The predicted molar refractivity (Wildman–Crippen MR) is 71.6 cm³/mol. The monoisotopic (exact) mass is 312 g/mol. The summed E-state index contributed by atoms with van der Waals surface area (Å²) in [6.45, 7) is 2.29. The molecule has 0 saturated carbocycles. The molecule has 0 bridgehead atoms. The van der Waals surface area contributed by atoms with Crippen molar-refractivity contribution in [1.82, 2.24) is 10.2 Å². The normalized spacial score (nSPS) is 11.6. The van der Waals surface area contributed by atoms with Crippen molar-refractivity contribution in [2.45, 2.75) is 32.9 Å².